The van der Waals surface area contributed by atoms with Crippen molar-refractivity contribution < 1.29 is 18.0 Å². The number of aromatic nitrogens is 2. The zero-order valence-corrected chi connectivity index (χ0v) is 15.4. The van der Waals surface area contributed by atoms with Crippen LogP contribution in [0.15, 0.2) is 30.3 Å². The maximum absolute atomic E-state index is 12.6. The summed E-state index contributed by atoms with van der Waals surface area (Å²) in [6, 6.07) is 5.76. The number of carbonyl (C=O) groups excluding carboxylic acids is 1. The minimum atomic E-state index is -4.42. The van der Waals surface area contributed by atoms with Gasteiger partial charge in [-0.05, 0) is 64.3 Å². The summed E-state index contributed by atoms with van der Waals surface area (Å²) in [5, 5.41) is 5.61. The Hall–Kier alpha value is -2.68. The summed E-state index contributed by atoms with van der Waals surface area (Å²) in [5.41, 5.74) is 0.225. The summed E-state index contributed by atoms with van der Waals surface area (Å²) in [4.78, 5) is 22.8. The average Bonchev–Trinajstić information content (AvgIpc) is 2.58. The largest absolute Gasteiger partial charge is 0.416 e. The molecule has 0 bridgehead atoms. The molecule has 0 unspecified atom stereocenters. The molecule has 1 aromatic carbocycles. The first-order valence-corrected chi connectivity index (χ1v) is 8.38. The third-order valence-electron chi connectivity index (χ3n) is 3.62. The molecule has 0 spiro atoms. The van der Waals surface area contributed by atoms with Crippen LogP contribution >= 0.6 is 0 Å². The monoisotopic (exact) mass is 381 g/mol. The maximum atomic E-state index is 12.6. The molecule has 0 saturated carbocycles. The van der Waals surface area contributed by atoms with E-state index in [4.69, 9.17) is 0 Å². The van der Waals surface area contributed by atoms with Gasteiger partial charge in [0.15, 0.2) is 0 Å². The van der Waals surface area contributed by atoms with Crippen molar-refractivity contribution in [2.24, 2.45) is 0 Å². The number of nitrogens with one attached hydrogen (secondary N) is 2. The van der Waals surface area contributed by atoms with Crippen molar-refractivity contribution in [2.75, 3.05) is 37.8 Å². The molecule has 1 amide bonds. The molecule has 2 aromatic rings. The van der Waals surface area contributed by atoms with Crippen molar-refractivity contribution in [3.63, 3.8) is 0 Å². The molecular formula is C18H22F3N5O. The average molecular weight is 381 g/mol. The number of hydrogen-bond acceptors (Lipinski definition) is 5. The van der Waals surface area contributed by atoms with Crippen LogP contribution in [0.3, 0.4) is 0 Å². The van der Waals surface area contributed by atoms with E-state index in [9.17, 15) is 18.0 Å². The molecule has 6 nitrogen and oxygen atoms in total. The van der Waals surface area contributed by atoms with E-state index < -0.39 is 17.6 Å². The number of alkyl halides is 3. The number of amides is 1. The minimum Gasteiger partial charge on any atom is -0.354 e. The number of benzene rings is 1. The van der Waals surface area contributed by atoms with E-state index in [1.807, 2.05) is 14.1 Å². The molecule has 0 saturated heterocycles. The Bertz CT molecular complexity index is 776. The van der Waals surface area contributed by atoms with Crippen LogP contribution < -0.4 is 10.6 Å². The van der Waals surface area contributed by atoms with E-state index in [-0.39, 0.29) is 11.4 Å². The Morgan fingerprint density at radius 3 is 2.41 bits per heavy atom. The van der Waals surface area contributed by atoms with Crippen molar-refractivity contribution in [2.45, 2.75) is 19.5 Å². The van der Waals surface area contributed by atoms with Gasteiger partial charge in [0.25, 0.3) is 5.91 Å². The van der Waals surface area contributed by atoms with Crippen molar-refractivity contribution in [3.05, 3.63) is 47.3 Å². The summed E-state index contributed by atoms with van der Waals surface area (Å²) in [7, 11) is 3.96. The lowest BCUT2D eigenvalue weighted by atomic mass is 10.2. The van der Waals surface area contributed by atoms with Crippen molar-refractivity contribution in [1.82, 2.24) is 14.9 Å². The summed E-state index contributed by atoms with van der Waals surface area (Å²) < 4.78 is 37.8. The fourth-order valence-electron chi connectivity index (χ4n) is 2.30. The number of hydrogen-bond donors (Lipinski definition) is 2. The Balaban J connectivity index is 2.03. The SMILES string of the molecule is Cc1cc(C(=O)Nc2ccc(C(F)(F)F)cc2)nc(NCCCN(C)C)n1. The van der Waals surface area contributed by atoms with Gasteiger partial charge in [0.2, 0.25) is 5.95 Å². The molecule has 146 valence electrons. The van der Waals surface area contributed by atoms with Crippen LogP contribution in [0.2, 0.25) is 0 Å². The second kappa shape index (κ2) is 8.81. The smallest absolute Gasteiger partial charge is 0.354 e. The van der Waals surface area contributed by atoms with Gasteiger partial charge in [0, 0.05) is 17.9 Å². The fourth-order valence-corrected chi connectivity index (χ4v) is 2.30. The van der Waals surface area contributed by atoms with Crippen LogP contribution in [-0.4, -0.2) is 48.0 Å². The predicted molar refractivity (Wildman–Crippen MR) is 97.8 cm³/mol. The second-order valence-electron chi connectivity index (χ2n) is 6.33. The molecule has 9 heteroatoms. The van der Waals surface area contributed by atoms with Gasteiger partial charge in [0.1, 0.15) is 5.69 Å². The summed E-state index contributed by atoms with van der Waals surface area (Å²) >= 11 is 0. The van der Waals surface area contributed by atoms with Gasteiger partial charge < -0.3 is 15.5 Å². The standard InChI is InChI=1S/C18H22F3N5O/c1-12-11-15(25-17(23-12)22-9-4-10-26(2)3)16(27)24-14-7-5-13(6-8-14)18(19,20)21/h5-8,11H,4,9-10H2,1-3H3,(H,24,27)(H,22,23,25). The lowest BCUT2D eigenvalue weighted by molar-refractivity contribution is -0.137. The van der Waals surface area contributed by atoms with Gasteiger partial charge in [-0.2, -0.15) is 13.2 Å². The molecule has 0 aliphatic heterocycles. The molecular weight excluding hydrogens is 359 g/mol. The van der Waals surface area contributed by atoms with E-state index in [1.165, 1.54) is 18.2 Å². The third kappa shape index (κ3) is 6.52. The van der Waals surface area contributed by atoms with Crippen LogP contribution in [0.1, 0.15) is 28.2 Å². The molecule has 1 heterocycles. The van der Waals surface area contributed by atoms with Gasteiger partial charge in [-0.3, -0.25) is 4.79 Å². The van der Waals surface area contributed by atoms with Gasteiger partial charge in [0.05, 0.1) is 5.56 Å². The first-order valence-electron chi connectivity index (χ1n) is 8.38. The highest BCUT2D eigenvalue weighted by Crippen LogP contribution is 2.29. The third-order valence-corrected chi connectivity index (χ3v) is 3.62. The lowest BCUT2D eigenvalue weighted by Crippen LogP contribution is -2.19. The second-order valence-corrected chi connectivity index (χ2v) is 6.33. The lowest BCUT2D eigenvalue weighted by Gasteiger charge is -2.11. The highest BCUT2D eigenvalue weighted by atomic mass is 19.4. The zero-order chi connectivity index (χ0) is 20.0. The molecule has 2 N–H and O–H groups in total. The van der Waals surface area contributed by atoms with E-state index in [1.54, 1.807) is 6.92 Å². The highest BCUT2D eigenvalue weighted by molar-refractivity contribution is 6.03. The molecule has 0 fully saturated rings. The normalized spacial score (nSPS) is 11.5. The van der Waals surface area contributed by atoms with Gasteiger partial charge in [-0.25, -0.2) is 9.97 Å². The van der Waals surface area contributed by atoms with Gasteiger partial charge in [-0.1, -0.05) is 0 Å². The van der Waals surface area contributed by atoms with Crippen LogP contribution in [-0.2, 0) is 6.18 Å². The molecule has 0 radical (unpaired) electrons. The predicted octanol–water partition coefficient (Wildman–Crippen LogP) is 3.42. The Labute approximate surface area is 155 Å². The van der Waals surface area contributed by atoms with Crippen LogP contribution in [0, 0.1) is 6.92 Å². The van der Waals surface area contributed by atoms with Crippen LogP contribution in [0.5, 0.6) is 0 Å². The highest BCUT2D eigenvalue weighted by Gasteiger charge is 2.30. The van der Waals surface area contributed by atoms with E-state index in [0.717, 1.165) is 25.1 Å². The first kappa shape index (κ1) is 20.6. The molecule has 0 aliphatic rings. The zero-order valence-electron chi connectivity index (χ0n) is 15.4. The number of rotatable bonds is 7. The molecule has 2 rings (SSSR count). The number of aryl methyl sites for hydroxylation is 1. The summed E-state index contributed by atoms with van der Waals surface area (Å²) in [6.07, 6.45) is -3.53. The van der Waals surface area contributed by atoms with E-state index in [0.29, 0.717) is 18.2 Å². The van der Waals surface area contributed by atoms with Crippen molar-refractivity contribution in [1.29, 1.82) is 0 Å². The summed E-state index contributed by atoms with van der Waals surface area (Å²) in [5.74, 6) is -0.178. The quantitative estimate of drug-likeness (QED) is 0.720. The fraction of sp³-hybridized carbons (Fsp3) is 0.389. The Kier molecular flexibility index (Phi) is 6.73. The first-order chi connectivity index (χ1) is 12.6. The number of anilines is 2. The van der Waals surface area contributed by atoms with Crippen molar-refractivity contribution >= 4 is 17.5 Å². The molecule has 1 aromatic heterocycles. The Morgan fingerprint density at radius 1 is 1.15 bits per heavy atom. The molecule has 27 heavy (non-hydrogen) atoms. The van der Waals surface area contributed by atoms with Crippen LogP contribution in [0.4, 0.5) is 24.8 Å². The number of nitrogens with zero attached hydrogens (tertiary/aromatic N) is 3. The van der Waals surface area contributed by atoms with E-state index >= 15 is 0 Å². The molecule has 0 aliphatic carbocycles. The topological polar surface area (TPSA) is 70.2 Å². The maximum Gasteiger partial charge on any atom is 0.416 e. The van der Waals surface area contributed by atoms with Gasteiger partial charge in [-0.15, -0.1) is 0 Å². The summed E-state index contributed by atoms with van der Waals surface area (Å²) in [6.45, 7) is 3.29. The molecule has 0 atom stereocenters. The minimum absolute atomic E-state index is 0.137. The number of halogens is 3. The van der Waals surface area contributed by atoms with E-state index in [2.05, 4.69) is 25.5 Å². The van der Waals surface area contributed by atoms with Gasteiger partial charge >= 0.3 is 6.18 Å². The van der Waals surface area contributed by atoms with Crippen LogP contribution in [0.25, 0.3) is 0 Å². The Morgan fingerprint density at radius 2 is 1.81 bits per heavy atom. The number of carbonyl (C=O) groups is 1. The van der Waals surface area contributed by atoms with Crippen molar-refractivity contribution in [3.8, 4) is 0 Å².